The summed E-state index contributed by atoms with van der Waals surface area (Å²) in [6.07, 6.45) is 1.54. The van der Waals surface area contributed by atoms with Crippen LogP contribution in [0.15, 0.2) is 34.7 Å². The first-order valence-corrected chi connectivity index (χ1v) is 6.14. The first kappa shape index (κ1) is 12.3. The van der Waals surface area contributed by atoms with E-state index in [9.17, 15) is 4.79 Å². The molecular weight excluding hydrogens is 248 g/mol. The van der Waals surface area contributed by atoms with Crippen molar-refractivity contribution in [2.75, 3.05) is 0 Å². The van der Waals surface area contributed by atoms with E-state index in [0.717, 1.165) is 21.8 Å². The molecule has 18 heavy (non-hydrogen) atoms. The van der Waals surface area contributed by atoms with Crippen LogP contribution >= 0.6 is 11.3 Å². The zero-order chi connectivity index (χ0) is 13.0. The van der Waals surface area contributed by atoms with Crippen LogP contribution in [0.1, 0.15) is 10.6 Å². The van der Waals surface area contributed by atoms with Gasteiger partial charge in [0.15, 0.2) is 0 Å². The smallest absolute Gasteiger partial charge is 0.332 e. The summed E-state index contributed by atoms with van der Waals surface area (Å²) in [5.74, 6) is 0. The number of carbonyl (C=O) groups is 1. The summed E-state index contributed by atoms with van der Waals surface area (Å²) in [6, 6.07) is 7.04. The number of nitrogens with zero attached hydrogens (tertiary/aromatic N) is 2. The predicted octanol–water partition coefficient (Wildman–Crippen LogP) is 2.12. The molecule has 92 valence electrons. The maximum absolute atomic E-state index is 10.5. The van der Waals surface area contributed by atoms with E-state index < -0.39 is 6.03 Å². The number of aromatic nitrogens is 1. The van der Waals surface area contributed by atoms with Crippen molar-refractivity contribution in [3.05, 3.63) is 40.2 Å². The Bertz CT molecular complexity index is 591. The third kappa shape index (κ3) is 3.14. The summed E-state index contributed by atoms with van der Waals surface area (Å²) in [5.41, 5.74) is 9.88. The fraction of sp³-hybridized carbons (Fsp3) is 0.0833. The molecule has 0 aliphatic heterocycles. The zero-order valence-corrected chi connectivity index (χ0v) is 10.6. The molecule has 1 heterocycles. The van der Waals surface area contributed by atoms with Gasteiger partial charge in [-0.15, -0.1) is 11.3 Å². The highest BCUT2D eigenvalue weighted by Crippen LogP contribution is 2.21. The Morgan fingerprint density at radius 2 is 2.39 bits per heavy atom. The molecule has 2 aromatic rings. The van der Waals surface area contributed by atoms with Gasteiger partial charge in [0.1, 0.15) is 0 Å². The van der Waals surface area contributed by atoms with Crippen molar-refractivity contribution < 1.29 is 4.79 Å². The zero-order valence-electron chi connectivity index (χ0n) is 9.75. The second kappa shape index (κ2) is 5.42. The first-order valence-electron chi connectivity index (χ1n) is 5.26. The molecule has 2 rings (SSSR count). The third-order valence-corrected chi connectivity index (χ3v) is 2.96. The highest BCUT2D eigenvalue weighted by Gasteiger charge is 2.02. The lowest BCUT2D eigenvalue weighted by atomic mass is 10.1. The number of hydrogen-bond donors (Lipinski definition) is 2. The van der Waals surface area contributed by atoms with E-state index in [1.807, 2.05) is 36.6 Å². The SMILES string of the molecule is Cc1nc(-c2cccc(C=NNC(N)=O)c2)cs1. The number of hydrogen-bond acceptors (Lipinski definition) is 4. The number of nitrogens with two attached hydrogens (primary N) is 1. The Hall–Kier alpha value is -2.21. The predicted molar refractivity (Wildman–Crippen MR) is 72.6 cm³/mol. The summed E-state index contributed by atoms with van der Waals surface area (Å²) in [5, 5.41) is 6.75. The number of rotatable bonds is 3. The number of benzene rings is 1. The lowest BCUT2D eigenvalue weighted by Gasteiger charge is -1.98. The number of thiazole rings is 1. The van der Waals surface area contributed by atoms with E-state index in [0.29, 0.717) is 0 Å². The Kier molecular flexibility index (Phi) is 3.69. The van der Waals surface area contributed by atoms with Crippen LogP contribution in [0.5, 0.6) is 0 Å². The van der Waals surface area contributed by atoms with Crippen LogP contribution in [-0.2, 0) is 0 Å². The number of carbonyl (C=O) groups excluding carboxylic acids is 1. The third-order valence-electron chi connectivity index (χ3n) is 2.19. The van der Waals surface area contributed by atoms with Crippen molar-refractivity contribution in [3.8, 4) is 11.3 Å². The molecule has 1 aromatic heterocycles. The average molecular weight is 260 g/mol. The quantitative estimate of drug-likeness (QED) is 0.654. The van der Waals surface area contributed by atoms with Gasteiger partial charge in [0.2, 0.25) is 0 Å². The van der Waals surface area contributed by atoms with Gasteiger partial charge in [-0.1, -0.05) is 18.2 Å². The van der Waals surface area contributed by atoms with Gasteiger partial charge in [-0.3, -0.25) is 0 Å². The van der Waals surface area contributed by atoms with Crippen molar-refractivity contribution in [2.24, 2.45) is 10.8 Å². The van der Waals surface area contributed by atoms with Crippen molar-refractivity contribution in [2.45, 2.75) is 6.92 Å². The molecular formula is C12H12N4OS. The summed E-state index contributed by atoms with van der Waals surface area (Å²) in [6.45, 7) is 1.97. The van der Waals surface area contributed by atoms with Gasteiger partial charge < -0.3 is 5.73 Å². The second-order valence-corrected chi connectivity index (χ2v) is 4.67. The van der Waals surface area contributed by atoms with Crippen molar-refractivity contribution in [1.29, 1.82) is 0 Å². The molecule has 2 amide bonds. The molecule has 0 bridgehead atoms. The van der Waals surface area contributed by atoms with Gasteiger partial charge in [-0.2, -0.15) is 5.10 Å². The van der Waals surface area contributed by atoms with E-state index >= 15 is 0 Å². The van der Waals surface area contributed by atoms with Crippen molar-refractivity contribution >= 4 is 23.6 Å². The van der Waals surface area contributed by atoms with E-state index in [1.54, 1.807) is 11.3 Å². The highest BCUT2D eigenvalue weighted by atomic mass is 32.1. The highest BCUT2D eigenvalue weighted by molar-refractivity contribution is 7.09. The van der Waals surface area contributed by atoms with E-state index in [2.05, 4.69) is 15.5 Å². The fourth-order valence-corrected chi connectivity index (χ4v) is 2.07. The molecule has 0 radical (unpaired) electrons. The minimum Gasteiger partial charge on any atom is -0.350 e. The van der Waals surface area contributed by atoms with Crippen molar-refractivity contribution in [1.82, 2.24) is 10.4 Å². The number of primary amides is 1. The molecule has 0 atom stereocenters. The van der Waals surface area contributed by atoms with E-state index in [4.69, 9.17) is 5.73 Å². The standard InChI is InChI=1S/C12H12N4OS/c1-8-15-11(7-18-8)10-4-2-3-9(5-10)6-14-16-12(13)17/h2-7H,1H3,(H3,13,16,17). The van der Waals surface area contributed by atoms with Crippen LogP contribution in [-0.4, -0.2) is 17.2 Å². The van der Waals surface area contributed by atoms with Gasteiger partial charge in [-0.25, -0.2) is 15.2 Å². The Balaban J connectivity index is 2.20. The molecule has 3 N–H and O–H groups in total. The Labute approximate surface area is 108 Å². The molecule has 0 aliphatic carbocycles. The number of aryl methyl sites for hydroxylation is 1. The van der Waals surface area contributed by atoms with Crippen LogP contribution in [0.3, 0.4) is 0 Å². The van der Waals surface area contributed by atoms with Crippen LogP contribution in [0.4, 0.5) is 4.79 Å². The minimum absolute atomic E-state index is 0.683. The van der Waals surface area contributed by atoms with Crippen LogP contribution in [0.2, 0.25) is 0 Å². The molecule has 6 heteroatoms. The molecule has 0 saturated carbocycles. The van der Waals surface area contributed by atoms with Gasteiger partial charge in [-0.05, 0) is 18.6 Å². The van der Waals surface area contributed by atoms with Crippen LogP contribution < -0.4 is 11.2 Å². The van der Waals surface area contributed by atoms with Gasteiger partial charge >= 0.3 is 6.03 Å². The van der Waals surface area contributed by atoms with Crippen LogP contribution in [0, 0.1) is 6.92 Å². The minimum atomic E-state index is -0.683. The first-order chi connectivity index (χ1) is 8.65. The van der Waals surface area contributed by atoms with Crippen molar-refractivity contribution in [3.63, 3.8) is 0 Å². The molecule has 0 unspecified atom stereocenters. The molecule has 0 saturated heterocycles. The largest absolute Gasteiger partial charge is 0.350 e. The van der Waals surface area contributed by atoms with Gasteiger partial charge in [0.25, 0.3) is 0 Å². The maximum Gasteiger partial charge on any atom is 0.332 e. The van der Waals surface area contributed by atoms with Gasteiger partial charge in [0, 0.05) is 10.9 Å². The van der Waals surface area contributed by atoms with E-state index in [1.165, 1.54) is 6.21 Å². The summed E-state index contributed by atoms with van der Waals surface area (Å²) in [4.78, 5) is 14.9. The molecule has 0 aliphatic rings. The maximum atomic E-state index is 10.5. The number of hydrazone groups is 1. The topological polar surface area (TPSA) is 80.4 Å². The normalized spacial score (nSPS) is 10.7. The molecule has 0 fully saturated rings. The number of amides is 2. The van der Waals surface area contributed by atoms with E-state index in [-0.39, 0.29) is 0 Å². The number of nitrogens with one attached hydrogen (secondary N) is 1. The second-order valence-electron chi connectivity index (χ2n) is 3.61. The van der Waals surface area contributed by atoms with Gasteiger partial charge in [0.05, 0.1) is 16.9 Å². The molecule has 5 nitrogen and oxygen atoms in total. The Morgan fingerprint density at radius 3 is 3.06 bits per heavy atom. The summed E-state index contributed by atoms with van der Waals surface area (Å²) < 4.78 is 0. The summed E-state index contributed by atoms with van der Waals surface area (Å²) in [7, 11) is 0. The lowest BCUT2D eigenvalue weighted by Crippen LogP contribution is -2.24. The lowest BCUT2D eigenvalue weighted by molar-refractivity contribution is 0.249. The fourth-order valence-electron chi connectivity index (χ4n) is 1.44. The molecule has 1 aromatic carbocycles. The number of urea groups is 1. The molecule has 0 spiro atoms. The average Bonchev–Trinajstić information content (AvgIpc) is 2.76. The Morgan fingerprint density at radius 1 is 1.56 bits per heavy atom. The monoisotopic (exact) mass is 260 g/mol. The van der Waals surface area contributed by atoms with Crippen LogP contribution in [0.25, 0.3) is 11.3 Å². The summed E-state index contributed by atoms with van der Waals surface area (Å²) >= 11 is 1.61.